The van der Waals surface area contributed by atoms with E-state index in [1.54, 1.807) is 12.5 Å². The number of rotatable bonds is 7. The van der Waals surface area contributed by atoms with Crippen LogP contribution in [0.15, 0.2) is 23.8 Å². The van der Waals surface area contributed by atoms with Crippen molar-refractivity contribution in [1.29, 1.82) is 0 Å². The van der Waals surface area contributed by atoms with Crippen molar-refractivity contribution >= 4 is 5.97 Å². The molecule has 0 aromatic carbocycles. The summed E-state index contributed by atoms with van der Waals surface area (Å²) < 4.78 is 5.62. The van der Waals surface area contributed by atoms with Gasteiger partial charge in [-0.3, -0.25) is 4.79 Å². The third-order valence-electron chi connectivity index (χ3n) is 11.3. The first-order valence-electron chi connectivity index (χ1n) is 14.1. The molecule has 3 fully saturated rings. The highest BCUT2D eigenvalue weighted by molar-refractivity contribution is 5.66. The van der Waals surface area contributed by atoms with Crippen molar-refractivity contribution < 1.29 is 9.53 Å². The van der Waals surface area contributed by atoms with Crippen LogP contribution >= 0.6 is 0 Å². The van der Waals surface area contributed by atoms with Gasteiger partial charge in [-0.25, -0.2) is 0 Å². The zero-order valence-electron chi connectivity index (χ0n) is 22.4. The maximum atomic E-state index is 11.5. The lowest BCUT2D eigenvalue weighted by atomic mass is 9.47. The fourth-order valence-electron chi connectivity index (χ4n) is 9.40. The van der Waals surface area contributed by atoms with Gasteiger partial charge in [-0.05, 0) is 117 Å². The maximum Gasteiger partial charge on any atom is 0.302 e. The molecule has 3 saturated carbocycles. The second-order valence-corrected chi connectivity index (χ2v) is 13.0. The Morgan fingerprint density at radius 2 is 1.88 bits per heavy atom. The number of carbonyl (C=O) groups excluding carboxylic acids is 1. The summed E-state index contributed by atoms with van der Waals surface area (Å²) in [5.41, 5.74) is 3.85. The summed E-state index contributed by atoms with van der Waals surface area (Å²) in [5.74, 6) is 4.89. The van der Waals surface area contributed by atoms with Gasteiger partial charge in [0.1, 0.15) is 6.10 Å². The minimum Gasteiger partial charge on any atom is -0.462 e. The van der Waals surface area contributed by atoms with E-state index in [2.05, 4.69) is 47.3 Å². The topological polar surface area (TPSA) is 26.3 Å². The first-order valence-corrected chi connectivity index (χ1v) is 14.1. The molecule has 186 valence electrons. The number of esters is 1. The Morgan fingerprint density at radius 1 is 1.12 bits per heavy atom. The summed E-state index contributed by atoms with van der Waals surface area (Å²) in [6, 6.07) is 0. The average molecular weight is 455 g/mol. The molecule has 33 heavy (non-hydrogen) atoms. The molecule has 0 heterocycles. The Bertz CT molecular complexity index is 780. The Hall–Kier alpha value is -1.05. The minimum absolute atomic E-state index is 0.107. The molecule has 9 unspecified atom stereocenters. The molecule has 0 aliphatic heterocycles. The van der Waals surface area contributed by atoms with Crippen LogP contribution in [-0.4, -0.2) is 12.1 Å². The Balaban J connectivity index is 1.46. The number of allylic oxidation sites excluding steroid dienone is 2. The van der Waals surface area contributed by atoms with Gasteiger partial charge in [0.25, 0.3) is 0 Å². The van der Waals surface area contributed by atoms with E-state index in [9.17, 15) is 4.79 Å². The van der Waals surface area contributed by atoms with Crippen LogP contribution in [0.3, 0.4) is 0 Å². The van der Waals surface area contributed by atoms with Crippen LogP contribution in [-0.2, 0) is 9.53 Å². The van der Waals surface area contributed by atoms with E-state index in [0.717, 1.165) is 42.4 Å². The molecule has 0 amide bonds. The van der Waals surface area contributed by atoms with Gasteiger partial charge in [-0.1, -0.05) is 51.5 Å². The van der Waals surface area contributed by atoms with Gasteiger partial charge < -0.3 is 4.74 Å². The predicted octanol–water partition coefficient (Wildman–Crippen LogP) is 8.52. The smallest absolute Gasteiger partial charge is 0.302 e. The van der Waals surface area contributed by atoms with Crippen LogP contribution in [0.2, 0.25) is 0 Å². The van der Waals surface area contributed by atoms with E-state index >= 15 is 0 Å². The van der Waals surface area contributed by atoms with Crippen molar-refractivity contribution in [2.24, 2.45) is 46.3 Å². The fraction of sp³-hybridized carbons (Fsp3) is 0.839. The zero-order valence-corrected chi connectivity index (χ0v) is 22.4. The Kier molecular flexibility index (Phi) is 7.24. The molecule has 4 aliphatic carbocycles. The molecule has 0 N–H and O–H groups in total. The highest BCUT2D eigenvalue weighted by Crippen LogP contribution is 2.67. The lowest BCUT2D eigenvalue weighted by Crippen LogP contribution is -2.51. The SMILES string of the molecule is C=C(C)C(CC)CCC(C)C1CCC2C3CC=C4CC(OC(C)=O)CCC4(C)C3CCC12C. The first kappa shape index (κ1) is 25.1. The molecular formula is C31H50O2. The quantitative estimate of drug-likeness (QED) is 0.284. The van der Waals surface area contributed by atoms with Crippen LogP contribution in [0.25, 0.3) is 0 Å². The van der Waals surface area contributed by atoms with Gasteiger partial charge in [0.2, 0.25) is 0 Å². The van der Waals surface area contributed by atoms with Crippen LogP contribution < -0.4 is 0 Å². The lowest BCUT2D eigenvalue weighted by molar-refractivity contribution is -0.148. The van der Waals surface area contributed by atoms with E-state index in [1.165, 1.54) is 63.4 Å². The van der Waals surface area contributed by atoms with Gasteiger partial charge in [-0.2, -0.15) is 0 Å². The van der Waals surface area contributed by atoms with E-state index in [0.29, 0.717) is 16.7 Å². The number of hydrogen-bond donors (Lipinski definition) is 0. The van der Waals surface area contributed by atoms with Crippen LogP contribution in [0.4, 0.5) is 0 Å². The molecule has 9 atom stereocenters. The molecule has 0 saturated heterocycles. The van der Waals surface area contributed by atoms with E-state index in [1.807, 2.05) is 0 Å². The molecule has 2 nitrogen and oxygen atoms in total. The number of fused-ring (bicyclic) bond motifs is 5. The summed E-state index contributed by atoms with van der Waals surface area (Å²) in [5, 5.41) is 0. The van der Waals surface area contributed by atoms with Crippen molar-refractivity contribution in [3.63, 3.8) is 0 Å². The highest BCUT2D eigenvalue weighted by atomic mass is 16.5. The van der Waals surface area contributed by atoms with E-state index < -0.39 is 0 Å². The second-order valence-electron chi connectivity index (χ2n) is 13.0. The summed E-state index contributed by atoms with van der Waals surface area (Å²) in [4.78, 5) is 11.5. The van der Waals surface area contributed by atoms with Gasteiger partial charge in [-0.15, -0.1) is 0 Å². The molecule has 0 radical (unpaired) electrons. The third kappa shape index (κ3) is 4.50. The van der Waals surface area contributed by atoms with Crippen LogP contribution in [0.1, 0.15) is 112 Å². The summed E-state index contributed by atoms with van der Waals surface area (Å²) in [6.45, 7) is 18.1. The number of ether oxygens (including phenoxy) is 1. The zero-order chi connectivity index (χ0) is 24.0. The average Bonchev–Trinajstić information content (AvgIpc) is 3.11. The maximum absolute atomic E-state index is 11.5. The number of carbonyl (C=O) groups is 1. The molecule has 4 aliphatic rings. The summed E-state index contributed by atoms with van der Waals surface area (Å²) in [6.07, 6.45) is 16.8. The molecule has 0 spiro atoms. The first-order chi connectivity index (χ1) is 15.6. The molecule has 0 aromatic rings. The summed E-state index contributed by atoms with van der Waals surface area (Å²) >= 11 is 0. The van der Waals surface area contributed by atoms with E-state index in [-0.39, 0.29) is 12.1 Å². The molecular weight excluding hydrogens is 404 g/mol. The molecule has 0 aromatic heterocycles. The van der Waals surface area contributed by atoms with Crippen LogP contribution in [0.5, 0.6) is 0 Å². The largest absolute Gasteiger partial charge is 0.462 e. The van der Waals surface area contributed by atoms with Crippen molar-refractivity contribution in [1.82, 2.24) is 0 Å². The summed E-state index contributed by atoms with van der Waals surface area (Å²) in [7, 11) is 0. The predicted molar refractivity (Wildman–Crippen MR) is 138 cm³/mol. The van der Waals surface area contributed by atoms with E-state index in [4.69, 9.17) is 4.74 Å². The lowest BCUT2D eigenvalue weighted by Gasteiger charge is -2.58. The fourth-order valence-corrected chi connectivity index (χ4v) is 9.40. The molecule has 2 heteroatoms. The Labute approximate surface area is 204 Å². The van der Waals surface area contributed by atoms with Gasteiger partial charge in [0.05, 0.1) is 0 Å². The van der Waals surface area contributed by atoms with Crippen molar-refractivity contribution in [2.75, 3.05) is 0 Å². The van der Waals surface area contributed by atoms with Crippen molar-refractivity contribution in [3.05, 3.63) is 23.8 Å². The standard InChI is InChI=1S/C31H50O2/c1-8-23(20(2)3)10-9-21(4)27-13-14-28-26-12-11-24-19-25(33-22(5)32)15-17-30(24,6)29(26)16-18-31(27,28)7/h11,21,23,25-29H,2,8-10,12-19H2,1,3-7H3. The monoisotopic (exact) mass is 454 g/mol. The number of hydrogen-bond acceptors (Lipinski definition) is 2. The second kappa shape index (κ2) is 9.54. The molecule has 4 rings (SSSR count). The van der Waals surface area contributed by atoms with Crippen molar-refractivity contribution in [2.45, 2.75) is 118 Å². The van der Waals surface area contributed by atoms with Gasteiger partial charge in [0, 0.05) is 13.3 Å². The van der Waals surface area contributed by atoms with Crippen LogP contribution in [0, 0.1) is 46.3 Å². The molecule has 0 bridgehead atoms. The highest BCUT2D eigenvalue weighted by Gasteiger charge is 2.59. The third-order valence-corrected chi connectivity index (χ3v) is 11.3. The Morgan fingerprint density at radius 3 is 2.55 bits per heavy atom. The normalized spacial score (nSPS) is 41.8. The van der Waals surface area contributed by atoms with Gasteiger partial charge >= 0.3 is 5.97 Å². The van der Waals surface area contributed by atoms with Crippen molar-refractivity contribution in [3.8, 4) is 0 Å². The van der Waals surface area contributed by atoms with Gasteiger partial charge in [0.15, 0.2) is 0 Å². The minimum atomic E-state index is -0.119.